The summed E-state index contributed by atoms with van der Waals surface area (Å²) in [5, 5.41) is 3.98. The zero-order valence-corrected chi connectivity index (χ0v) is 13.4. The van der Waals surface area contributed by atoms with Crippen molar-refractivity contribution in [2.45, 2.75) is 26.8 Å². The Morgan fingerprint density at radius 3 is 2.80 bits per heavy atom. The second-order valence-corrected chi connectivity index (χ2v) is 6.61. The molecular weight excluding hydrogens is 295 g/mol. The Morgan fingerprint density at radius 1 is 1.40 bits per heavy atom. The van der Waals surface area contributed by atoms with E-state index in [9.17, 15) is 4.39 Å². The molecule has 5 heteroatoms. The maximum atomic E-state index is 14.1. The highest BCUT2D eigenvalue weighted by molar-refractivity contribution is 7.15. The van der Waals surface area contributed by atoms with Crippen molar-refractivity contribution in [2.75, 3.05) is 7.05 Å². The van der Waals surface area contributed by atoms with Gasteiger partial charge in [-0.2, -0.15) is 0 Å². The lowest BCUT2D eigenvalue weighted by Gasteiger charge is -2.04. The second-order valence-electron chi connectivity index (χ2n) is 5.12. The molecule has 0 atom stereocenters. The van der Waals surface area contributed by atoms with Crippen LogP contribution in [-0.2, 0) is 13.0 Å². The zero-order valence-electron chi connectivity index (χ0n) is 11.8. The molecule has 0 radical (unpaired) electrons. The quantitative estimate of drug-likeness (QED) is 0.878. The van der Waals surface area contributed by atoms with E-state index in [1.807, 2.05) is 7.05 Å². The molecule has 0 amide bonds. The predicted molar refractivity (Wildman–Crippen MR) is 83.8 cm³/mol. The summed E-state index contributed by atoms with van der Waals surface area (Å²) in [6.45, 7) is 5.06. The van der Waals surface area contributed by atoms with Gasteiger partial charge < -0.3 is 5.32 Å². The number of hydrogen-bond acceptors (Lipinski definition) is 3. The molecule has 1 heterocycles. The maximum absolute atomic E-state index is 14.1. The molecule has 0 fully saturated rings. The molecule has 0 unspecified atom stereocenters. The number of nitrogens with zero attached hydrogens (tertiary/aromatic N) is 1. The Kier molecular flexibility index (Phi) is 5.13. The summed E-state index contributed by atoms with van der Waals surface area (Å²) >= 11 is 7.38. The van der Waals surface area contributed by atoms with Gasteiger partial charge in [-0.3, -0.25) is 0 Å². The number of rotatable bonds is 5. The van der Waals surface area contributed by atoms with Gasteiger partial charge >= 0.3 is 0 Å². The average Bonchev–Trinajstić information content (AvgIpc) is 2.75. The summed E-state index contributed by atoms with van der Waals surface area (Å²) < 4.78 is 14.1. The summed E-state index contributed by atoms with van der Waals surface area (Å²) in [4.78, 5) is 5.78. The summed E-state index contributed by atoms with van der Waals surface area (Å²) in [6, 6.07) is 5.03. The van der Waals surface area contributed by atoms with Crippen molar-refractivity contribution in [1.29, 1.82) is 0 Å². The SMILES string of the molecule is CNCc1sc(-c2cccc(Cl)c2F)nc1CC(C)C. The monoisotopic (exact) mass is 312 g/mol. The number of aromatic nitrogens is 1. The normalized spacial score (nSPS) is 11.3. The Bertz CT molecular complexity index is 596. The van der Waals surface area contributed by atoms with Crippen LogP contribution < -0.4 is 5.32 Å². The van der Waals surface area contributed by atoms with Crippen molar-refractivity contribution in [2.24, 2.45) is 5.92 Å². The molecule has 0 saturated carbocycles. The molecule has 0 aliphatic rings. The fourth-order valence-electron chi connectivity index (χ4n) is 2.01. The van der Waals surface area contributed by atoms with Crippen LogP contribution >= 0.6 is 22.9 Å². The highest BCUT2D eigenvalue weighted by atomic mass is 35.5. The van der Waals surface area contributed by atoms with Crippen LogP contribution in [0.3, 0.4) is 0 Å². The van der Waals surface area contributed by atoms with Gasteiger partial charge in [-0.05, 0) is 31.5 Å². The lowest BCUT2D eigenvalue weighted by molar-refractivity contribution is 0.627. The zero-order chi connectivity index (χ0) is 14.7. The van der Waals surface area contributed by atoms with E-state index in [2.05, 4.69) is 24.1 Å². The number of benzene rings is 1. The first-order valence-corrected chi connectivity index (χ1v) is 7.80. The molecule has 1 N–H and O–H groups in total. The molecule has 0 saturated heterocycles. The molecule has 0 aliphatic heterocycles. The topological polar surface area (TPSA) is 24.9 Å². The highest BCUT2D eigenvalue weighted by Crippen LogP contribution is 2.33. The molecule has 20 heavy (non-hydrogen) atoms. The highest BCUT2D eigenvalue weighted by Gasteiger charge is 2.16. The minimum Gasteiger partial charge on any atom is -0.315 e. The Hall–Kier alpha value is -0.970. The van der Waals surface area contributed by atoms with Gasteiger partial charge in [0.15, 0.2) is 5.82 Å². The lowest BCUT2D eigenvalue weighted by Crippen LogP contribution is -2.07. The van der Waals surface area contributed by atoms with Crippen LogP contribution in [0.25, 0.3) is 10.6 Å². The minimum atomic E-state index is -0.393. The number of thiazole rings is 1. The first-order chi connectivity index (χ1) is 9.52. The van der Waals surface area contributed by atoms with Crippen LogP contribution in [0.1, 0.15) is 24.4 Å². The number of hydrogen-bond donors (Lipinski definition) is 1. The molecule has 2 rings (SSSR count). The first-order valence-electron chi connectivity index (χ1n) is 6.60. The number of nitrogens with one attached hydrogen (secondary N) is 1. The molecule has 2 aromatic rings. The van der Waals surface area contributed by atoms with Crippen molar-refractivity contribution in [3.63, 3.8) is 0 Å². The third kappa shape index (κ3) is 3.37. The molecule has 1 aromatic heterocycles. The Balaban J connectivity index is 2.44. The van der Waals surface area contributed by atoms with Gasteiger partial charge in [0.05, 0.1) is 10.7 Å². The van der Waals surface area contributed by atoms with E-state index in [1.165, 1.54) is 11.3 Å². The van der Waals surface area contributed by atoms with E-state index in [1.54, 1.807) is 18.2 Å². The summed E-state index contributed by atoms with van der Waals surface area (Å²) in [5.74, 6) is 0.125. The van der Waals surface area contributed by atoms with Crippen LogP contribution in [0.2, 0.25) is 5.02 Å². The average molecular weight is 313 g/mol. The van der Waals surface area contributed by atoms with Crippen LogP contribution in [0.5, 0.6) is 0 Å². The molecule has 2 nitrogen and oxygen atoms in total. The van der Waals surface area contributed by atoms with Crippen molar-refractivity contribution in [3.8, 4) is 10.6 Å². The lowest BCUT2D eigenvalue weighted by atomic mass is 10.1. The Morgan fingerprint density at radius 2 is 2.15 bits per heavy atom. The van der Waals surface area contributed by atoms with E-state index >= 15 is 0 Å². The molecule has 0 bridgehead atoms. The van der Waals surface area contributed by atoms with Gasteiger partial charge in [0.1, 0.15) is 5.01 Å². The van der Waals surface area contributed by atoms with Crippen molar-refractivity contribution in [3.05, 3.63) is 39.6 Å². The van der Waals surface area contributed by atoms with E-state index in [4.69, 9.17) is 11.6 Å². The Labute approximate surface area is 128 Å². The predicted octanol–water partition coefficient (Wildman–Crippen LogP) is 4.52. The van der Waals surface area contributed by atoms with Gasteiger partial charge in [0.2, 0.25) is 0 Å². The van der Waals surface area contributed by atoms with Crippen molar-refractivity contribution < 1.29 is 4.39 Å². The van der Waals surface area contributed by atoms with E-state index < -0.39 is 5.82 Å². The fraction of sp³-hybridized carbons (Fsp3) is 0.400. The van der Waals surface area contributed by atoms with Gasteiger partial charge in [-0.1, -0.05) is 31.5 Å². The fourth-order valence-corrected chi connectivity index (χ4v) is 3.31. The third-order valence-corrected chi connectivity index (χ3v) is 4.32. The van der Waals surface area contributed by atoms with Crippen LogP contribution in [0.4, 0.5) is 4.39 Å². The van der Waals surface area contributed by atoms with Crippen LogP contribution in [0.15, 0.2) is 18.2 Å². The number of halogens is 2. The molecule has 1 aromatic carbocycles. The van der Waals surface area contributed by atoms with Gasteiger partial charge in [-0.15, -0.1) is 11.3 Å². The largest absolute Gasteiger partial charge is 0.315 e. The first kappa shape index (κ1) is 15.4. The third-order valence-electron chi connectivity index (χ3n) is 2.90. The summed E-state index contributed by atoms with van der Waals surface area (Å²) in [5.41, 5.74) is 1.53. The summed E-state index contributed by atoms with van der Waals surface area (Å²) in [7, 11) is 1.90. The minimum absolute atomic E-state index is 0.137. The second kappa shape index (κ2) is 6.66. The van der Waals surface area contributed by atoms with Crippen molar-refractivity contribution >= 4 is 22.9 Å². The van der Waals surface area contributed by atoms with E-state index in [0.717, 1.165) is 23.5 Å². The molecule has 0 spiro atoms. The van der Waals surface area contributed by atoms with Crippen LogP contribution in [-0.4, -0.2) is 12.0 Å². The standard InChI is InChI=1S/C15H18ClFN2S/c1-9(2)7-12-13(8-18-3)20-15(19-12)10-5-4-6-11(16)14(10)17/h4-6,9,18H,7-8H2,1-3H3. The molecular formula is C15H18ClFN2S. The summed E-state index contributed by atoms with van der Waals surface area (Å²) in [6.07, 6.45) is 0.899. The molecule has 0 aliphatic carbocycles. The molecule has 108 valence electrons. The van der Waals surface area contributed by atoms with Crippen molar-refractivity contribution in [1.82, 2.24) is 10.3 Å². The maximum Gasteiger partial charge on any atom is 0.152 e. The van der Waals surface area contributed by atoms with Gasteiger partial charge in [-0.25, -0.2) is 9.37 Å². The van der Waals surface area contributed by atoms with E-state index in [-0.39, 0.29) is 5.02 Å². The van der Waals surface area contributed by atoms with Gasteiger partial charge in [0, 0.05) is 17.0 Å². The van der Waals surface area contributed by atoms with E-state index in [0.29, 0.717) is 16.5 Å². The smallest absolute Gasteiger partial charge is 0.152 e. The van der Waals surface area contributed by atoms with Gasteiger partial charge in [0.25, 0.3) is 0 Å². The van der Waals surface area contributed by atoms with Crippen LogP contribution in [0, 0.1) is 11.7 Å².